The largest absolute Gasteiger partial charge is 0.378 e. The van der Waals surface area contributed by atoms with E-state index in [2.05, 4.69) is 60.7 Å². The Kier molecular flexibility index (Phi) is 4.21. The Labute approximate surface area is 104 Å². The first kappa shape index (κ1) is 12.2. The fraction of sp³-hybridized carbons (Fsp3) is 0.467. The monoisotopic (exact) mass is 230 g/mol. The molecule has 0 amide bonds. The number of benzene rings is 1. The van der Waals surface area contributed by atoms with Gasteiger partial charge in [-0.25, -0.2) is 0 Å². The van der Waals surface area contributed by atoms with Gasteiger partial charge in [-0.05, 0) is 49.5 Å². The zero-order valence-corrected chi connectivity index (χ0v) is 10.8. The van der Waals surface area contributed by atoms with Crippen LogP contribution in [0.3, 0.4) is 0 Å². The number of piperidine rings is 1. The Hall–Kier alpha value is -1.28. The number of anilines is 1. The quantitative estimate of drug-likeness (QED) is 0.859. The summed E-state index contributed by atoms with van der Waals surface area (Å²) in [6.45, 7) is 2.32. The second-order valence-corrected chi connectivity index (χ2v) is 4.93. The minimum Gasteiger partial charge on any atom is -0.378 e. The third-order valence-corrected chi connectivity index (χ3v) is 3.35. The van der Waals surface area contributed by atoms with E-state index in [0.717, 1.165) is 19.0 Å². The molecule has 0 unspecified atom stereocenters. The molecule has 1 saturated heterocycles. The minimum atomic E-state index is 0.754. The van der Waals surface area contributed by atoms with E-state index in [-0.39, 0.29) is 0 Å². The number of hydrogen-bond donors (Lipinski definition) is 1. The highest BCUT2D eigenvalue weighted by Gasteiger charge is 2.08. The molecule has 92 valence electrons. The van der Waals surface area contributed by atoms with Crippen molar-refractivity contribution >= 4 is 11.8 Å². The molecular weight excluding hydrogens is 208 g/mol. The molecule has 1 aliphatic rings. The smallest absolute Gasteiger partial charge is 0.0361 e. The van der Waals surface area contributed by atoms with Crippen LogP contribution in [-0.2, 0) is 0 Å². The van der Waals surface area contributed by atoms with Crippen molar-refractivity contribution in [2.24, 2.45) is 5.92 Å². The van der Waals surface area contributed by atoms with Gasteiger partial charge < -0.3 is 10.2 Å². The van der Waals surface area contributed by atoms with Crippen LogP contribution in [-0.4, -0.2) is 27.2 Å². The third-order valence-electron chi connectivity index (χ3n) is 3.35. The third kappa shape index (κ3) is 3.60. The number of nitrogens with one attached hydrogen (secondary N) is 1. The average molecular weight is 230 g/mol. The van der Waals surface area contributed by atoms with E-state index in [9.17, 15) is 0 Å². The van der Waals surface area contributed by atoms with Crippen molar-refractivity contribution in [2.75, 3.05) is 32.1 Å². The van der Waals surface area contributed by atoms with Gasteiger partial charge in [-0.1, -0.05) is 24.3 Å². The van der Waals surface area contributed by atoms with Crippen molar-refractivity contribution in [1.29, 1.82) is 0 Å². The lowest BCUT2D eigenvalue weighted by Crippen LogP contribution is -2.26. The van der Waals surface area contributed by atoms with Crippen LogP contribution in [0.2, 0.25) is 0 Å². The van der Waals surface area contributed by atoms with Crippen LogP contribution in [0.25, 0.3) is 6.08 Å². The Morgan fingerprint density at radius 1 is 1.12 bits per heavy atom. The topological polar surface area (TPSA) is 15.3 Å². The van der Waals surface area contributed by atoms with E-state index in [4.69, 9.17) is 0 Å². The summed E-state index contributed by atoms with van der Waals surface area (Å²) in [6, 6.07) is 8.71. The fourth-order valence-electron chi connectivity index (χ4n) is 2.17. The summed E-state index contributed by atoms with van der Waals surface area (Å²) in [5.41, 5.74) is 2.55. The molecule has 17 heavy (non-hydrogen) atoms. The molecular formula is C15H22N2. The average Bonchev–Trinajstić information content (AvgIpc) is 2.38. The van der Waals surface area contributed by atoms with E-state index < -0.39 is 0 Å². The summed E-state index contributed by atoms with van der Waals surface area (Å²) in [7, 11) is 4.14. The molecule has 2 rings (SSSR count). The zero-order valence-electron chi connectivity index (χ0n) is 10.8. The molecule has 1 aliphatic heterocycles. The van der Waals surface area contributed by atoms with E-state index >= 15 is 0 Å². The molecule has 1 aromatic rings. The molecule has 0 radical (unpaired) electrons. The normalized spacial score (nSPS) is 17.5. The van der Waals surface area contributed by atoms with Crippen molar-refractivity contribution in [3.63, 3.8) is 0 Å². The predicted molar refractivity (Wildman–Crippen MR) is 75.4 cm³/mol. The number of nitrogens with zero attached hydrogens (tertiary/aromatic N) is 1. The maximum Gasteiger partial charge on any atom is 0.0361 e. The molecule has 0 bridgehead atoms. The van der Waals surface area contributed by atoms with Gasteiger partial charge in [0, 0.05) is 19.8 Å². The second-order valence-electron chi connectivity index (χ2n) is 4.93. The standard InChI is InChI=1S/C15H22N2/c1-17(2)15-7-5-13(6-8-15)3-4-14-9-11-16-12-10-14/h3-8,14,16H,9-12H2,1-2H3. The van der Waals surface area contributed by atoms with Crippen molar-refractivity contribution in [3.8, 4) is 0 Å². The van der Waals surface area contributed by atoms with E-state index in [1.807, 2.05) is 0 Å². The van der Waals surface area contributed by atoms with Gasteiger partial charge in [-0.3, -0.25) is 0 Å². The Balaban J connectivity index is 1.95. The fourth-order valence-corrected chi connectivity index (χ4v) is 2.17. The van der Waals surface area contributed by atoms with Gasteiger partial charge in [-0.2, -0.15) is 0 Å². The zero-order chi connectivity index (χ0) is 12.1. The number of hydrogen-bond acceptors (Lipinski definition) is 2. The molecule has 1 aromatic carbocycles. The van der Waals surface area contributed by atoms with Gasteiger partial charge in [-0.15, -0.1) is 0 Å². The maximum absolute atomic E-state index is 3.39. The minimum absolute atomic E-state index is 0.754. The molecule has 1 fully saturated rings. The lowest BCUT2D eigenvalue weighted by Gasteiger charge is -2.19. The Morgan fingerprint density at radius 2 is 1.76 bits per heavy atom. The van der Waals surface area contributed by atoms with E-state index in [1.54, 1.807) is 0 Å². The number of allylic oxidation sites excluding steroid dienone is 1. The summed E-state index contributed by atoms with van der Waals surface area (Å²) in [6.07, 6.45) is 7.17. The molecule has 0 saturated carbocycles. The lowest BCUT2D eigenvalue weighted by molar-refractivity contribution is 0.438. The summed E-state index contributed by atoms with van der Waals surface area (Å²) in [5, 5.41) is 3.39. The molecule has 2 nitrogen and oxygen atoms in total. The van der Waals surface area contributed by atoms with Crippen molar-refractivity contribution in [2.45, 2.75) is 12.8 Å². The molecule has 0 aromatic heterocycles. The SMILES string of the molecule is CN(C)c1ccc(C=CC2CCNCC2)cc1. The molecule has 0 aliphatic carbocycles. The van der Waals surface area contributed by atoms with Gasteiger partial charge >= 0.3 is 0 Å². The van der Waals surface area contributed by atoms with Crippen LogP contribution in [0, 0.1) is 5.92 Å². The molecule has 0 spiro atoms. The lowest BCUT2D eigenvalue weighted by atomic mass is 9.97. The van der Waals surface area contributed by atoms with Crippen molar-refractivity contribution in [1.82, 2.24) is 5.32 Å². The van der Waals surface area contributed by atoms with E-state index in [0.29, 0.717) is 0 Å². The van der Waals surface area contributed by atoms with Gasteiger partial charge in [0.1, 0.15) is 0 Å². The summed E-state index contributed by atoms with van der Waals surface area (Å²) < 4.78 is 0. The van der Waals surface area contributed by atoms with Gasteiger partial charge in [0.25, 0.3) is 0 Å². The van der Waals surface area contributed by atoms with Crippen LogP contribution in [0.5, 0.6) is 0 Å². The van der Waals surface area contributed by atoms with Gasteiger partial charge in [0.15, 0.2) is 0 Å². The van der Waals surface area contributed by atoms with Crippen LogP contribution >= 0.6 is 0 Å². The first-order valence-electron chi connectivity index (χ1n) is 6.42. The van der Waals surface area contributed by atoms with Crippen LogP contribution in [0.15, 0.2) is 30.3 Å². The second kappa shape index (κ2) is 5.87. The highest BCUT2D eigenvalue weighted by atomic mass is 15.1. The van der Waals surface area contributed by atoms with Gasteiger partial charge in [0.2, 0.25) is 0 Å². The number of rotatable bonds is 3. The highest BCUT2D eigenvalue weighted by molar-refractivity contribution is 5.55. The molecule has 0 atom stereocenters. The summed E-state index contributed by atoms with van der Waals surface area (Å²) >= 11 is 0. The molecule has 2 heteroatoms. The Morgan fingerprint density at radius 3 is 2.35 bits per heavy atom. The Bertz CT molecular complexity index is 359. The summed E-state index contributed by atoms with van der Waals surface area (Å²) in [4.78, 5) is 2.13. The van der Waals surface area contributed by atoms with Crippen LogP contribution in [0.1, 0.15) is 18.4 Å². The summed E-state index contributed by atoms with van der Waals surface area (Å²) in [5.74, 6) is 0.754. The predicted octanol–water partition coefficient (Wildman–Crippen LogP) is 2.77. The van der Waals surface area contributed by atoms with Crippen LogP contribution in [0.4, 0.5) is 5.69 Å². The van der Waals surface area contributed by atoms with Crippen molar-refractivity contribution in [3.05, 3.63) is 35.9 Å². The first-order chi connectivity index (χ1) is 8.25. The van der Waals surface area contributed by atoms with Crippen molar-refractivity contribution < 1.29 is 0 Å². The maximum atomic E-state index is 3.39. The van der Waals surface area contributed by atoms with E-state index in [1.165, 1.54) is 24.1 Å². The van der Waals surface area contributed by atoms with Gasteiger partial charge in [0.05, 0.1) is 0 Å². The van der Waals surface area contributed by atoms with Crippen LogP contribution < -0.4 is 10.2 Å². The first-order valence-corrected chi connectivity index (χ1v) is 6.42. The molecule has 1 N–H and O–H groups in total. The highest BCUT2D eigenvalue weighted by Crippen LogP contribution is 2.17. The molecule has 1 heterocycles.